The molecule has 0 aliphatic heterocycles. The minimum Gasteiger partial charge on any atom is -0.383 e. The average Bonchev–Trinajstić information content (AvgIpc) is 2.76. The van der Waals surface area contributed by atoms with Gasteiger partial charge in [-0.25, -0.2) is 13.1 Å². The van der Waals surface area contributed by atoms with Crippen molar-refractivity contribution in [3.05, 3.63) is 6.20 Å². The normalized spacial score (nSPS) is 25.2. The molecule has 18 heavy (non-hydrogen) atoms. The molecule has 0 aromatic carbocycles. The van der Waals surface area contributed by atoms with E-state index in [0.717, 1.165) is 25.7 Å². The summed E-state index contributed by atoms with van der Waals surface area (Å²) in [5.74, 6) is 0.507. The van der Waals surface area contributed by atoms with Crippen molar-refractivity contribution in [2.24, 2.45) is 5.92 Å². The second-order valence-electron chi connectivity index (χ2n) is 4.83. The van der Waals surface area contributed by atoms with Gasteiger partial charge in [-0.2, -0.15) is 5.10 Å². The van der Waals surface area contributed by atoms with Crippen LogP contribution in [-0.4, -0.2) is 24.7 Å². The lowest BCUT2D eigenvalue weighted by molar-refractivity contribution is 0.282. The number of nitrogens with one attached hydrogen (secondary N) is 2. The summed E-state index contributed by atoms with van der Waals surface area (Å²) in [4.78, 5) is 0.0444. The van der Waals surface area contributed by atoms with Crippen molar-refractivity contribution in [3.63, 3.8) is 0 Å². The zero-order valence-electron chi connectivity index (χ0n) is 10.5. The van der Waals surface area contributed by atoms with Crippen LogP contribution < -0.4 is 10.5 Å². The fraction of sp³-hybridized carbons (Fsp3) is 0.727. The van der Waals surface area contributed by atoms with Gasteiger partial charge in [0.05, 0.1) is 6.20 Å². The zero-order valence-corrected chi connectivity index (χ0v) is 11.3. The summed E-state index contributed by atoms with van der Waals surface area (Å²) in [6, 6.07) is 0.0167. The Kier molecular flexibility index (Phi) is 3.91. The molecule has 2 unspecified atom stereocenters. The first-order chi connectivity index (χ1) is 8.54. The molecule has 1 saturated carbocycles. The highest BCUT2D eigenvalue weighted by Gasteiger charge is 2.29. The van der Waals surface area contributed by atoms with Crippen molar-refractivity contribution in [1.82, 2.24) is 14.9 Å². The van der Waals surface area contributed by atoms with Crippen LogP contribution >= 0.6 is 0 Å². The molecule has 0 saturated heterocycles. The van der Waals surface area contributed by atoms with E-state index in [1.54, 1.807) is 0 Å². The topological polar surface area (TPSA) is 101 Å². The predicted octanol–water partition coefficient (Wildman–Crippen LogP) is 1.24. The molecule has 7 heteroatoms. The molecule has 4 N–H and O–H groups in total. The van der Waals surface area contributed by atoms with Crippen LogP contribution in [0.1, 0.15) is 39.0 Å². The van der Waals surface area contributed by atoms with Crippen molar-refractivity contribution in [2.75, 3.05) is 5.73 Å². The second kappa shape index (κ2) is 5.27. The molecule has 102 valence electrons. The number of nitrogens with zero attached hydrogens (tertiary/aromatic N) is 1. The summed E-state index contributed by atoms with van der Waals surface area (Å²) in [6.45, 7) is 2.10. The first-order valence-electron chi connectivity index (χ1n) is 6.35. The van der Waals surface area contributed by atoms with Crippen LogP contribution in [0.3, 0.4) is 0 Å². The van der Waals surface area contributed by atoms with Gasteiger partial charge in [0.15, 0.2) is 0 Å². The molecule has 0 amide bonds. The molecular weight excluding hydrogens is 252 g/mol. The molecule has 0 bridgehead atoms. The number of H-pyrrole nitrogens is 1. The monoisotopic (exact) mass is 272 g/mol. The zero-order chi connectivity index (χ0) is 13.2. The van der Waals surface area contributed by atoms with Gasteiger partial charge in [-0.1, -0.05) is 26.2 Å². The number of nitrogen functional groups attached to an aromatic ring is 1. The molecule has 1 fully saturated rings. The molecule has 2 atom stereocenters. The minimum absolute atomic E-state index is 0.0167. The fourth-order valence-electron chi connectivity index (χ4n) is 2.61. The Morgan fingerprint density at radius 1 is 1.50 bits per heavy atom. The molecule has 6 nitrogen and oxygen atoms in total. The molecule has 1 aromatic heterocycles. The number of rotatable bonds is 4. The molecule has 2 rings (SSSR count). The first kappa shape index (κ1) is 13.4. The lowest BCUT2D eigenvalue weighted by atomic mass is 9.83. The van der Waals surface area contributed by atoms with Gasteiger partial charge in [-0.15, -0.1) is 0 Å². The number of hydrogen-bond donors (Lipinski definition) is 3. The number of hydrogen-bond acceptors (Lipinski definition) is 4. The number of aromatic amines is 1. The number of anilines is 1. The molecule has 1 aromatic rings. The van der Waals surface area contributed by atoms with Crippen LogP contribution in [0.4, 0.5) is 5.82 Å². The minimum atomic E-state index is -3.56. The third-order valence-corrected chi connectivity index (χ3v) is 5.18. The van der Waals surface area contributed by atoms with Gasteiger partial charge in [0.25, 0.3) is 0 Å². The molecule has 0 spiro atoms. The summed E-state index contributed by atoms with van der Waals surface area (Å²) in [7, 11) is -3.56. The highest BCUT2D eigenvalue weighted by Crippen LogP contribution is 2.28. The second-order valence-corrected chi connectivity index (χ2v) is 6.51. The van der Waals surface area contributed by atoms with Crippen LogP contribution in [0.15, 0.2) is 11.1 Å². The van der Waals surface area contributed by atoms with E-state index in [0.29, 0.717) is 5.92 Å². The SMILES string of the molecule is CCC1CCCCC1NS(=O)(=O)c1cn[nH]c1N. The van der Waals surface area contributed by atoms with Crippen molar-refractivity contribution in [2.45, 2.75) is 50.0 Å². The maximum absolute atomic E-state index is 12.2. The van der Waals surface area contributed by atoms with Gasteiger partial charge in [0.2, 0.25) is 10.0 Å². The third kappa shape index (κ3) is 2.67. The van der Waals surface area contributed by atoms with Crippen molar-refractivity contribution >= 4 is 15.8 Å². The van der Waals surface area contributed by atoms with Crippen LogP contribution in [0, 0.1) is 5.92 Å². The lowest BCUT2D eigenvalue weighted by Gasteiger charge is -2.31. The fourth-order valence-corrected chi connectivity index (χ4v) is 3.98. The Labute approximate surface area is 107 Å². The van der Waals surface area contributed by atoms with E-state index in [-0.39, 0.29) is 16.8 Å². The Bertz CT molecular complexity index is 497. The van der Waals surface area contributed by atoms with E-state index < -0.39 is 10.0 Å². The van der Waals surface area contributed by atoms with Crippen LogP contribution in [0.5, 0.6) is 0 Å². The summed E-state index contributed by atoms with van der Waals surface area (Å²) in [5.41, 5.74) is 5.56. The average molecular weight is 272 g/mol. The van der Waals surface area contributed by atoms with Gasteiger partial charge in [0.1, 0.15) is 10.7 Å². The van der Waals surface area contributed by atoms with Crippen LogP contribution in [0.2, 0.25) is 0 Å². The van der Waals surface area contributed by atoms with E-state index in [1.165, 1.54) is 12.6 Å². The van der Waals surface area contributed by atoms with Gasteiger partial charge in [-0.05, 0) is 18.8 Å². The van der Waals surface area contributed by atoms with Gasteiger partial charge in [-0.3, -0.25) is 5.10 Å². The summed E-state index contributed by atoms with van der Waals surface area (Å²) >= 11 is 0. The number of sulfonamides is 1. The van der Waals surface area contributed by atoms with E-state index in [4.69, 9.17) is 5.73 Å². The van der Waals surface area contributed by atoms with Gasteiger partial charge >= 0.3 is 0 Å². The lowest BCUT2D eigenvalue weighted by Crippen LogP contribution is -2.41. The van der Waals surface area contributed by atoms with E-state index in [9.17, 15) is 8.42 Å². The number of aromatic nitrogens is 2. The summed E-state index contributed by atoms with van der Waals surface area (Å²) in [5, 5.41) is 6.10. The van der Waals surface area contributed by atoms with Gasteiger partial charge < -0.3 is 5.73 Å². The Balaban J connectivity index is 2.15. The van der Waals surface area contributed by atoms with Crippen molar-refractivity contribution in [1.29, 1.82) is 0 Å². The van der Waals surface area contributed by atoms with E-state index >= 15 is 0 Å². The standard InChI is InChI=1S/C11H20N4O2S/c1-2-8-5-3-4-6-9(8)15-18(16,17)10-7-13-14-11(10)12/h7-9,15H,2-6H2,1H3,(H3,12,13,14). The maximum Gasteiger partial charge on any atom is 0.246 e. The molecular formula is C11H20N4O2S. The van der Waals surface area contributed by atoms with E-state index in [1.807, 2.05) is 0 Å². The Hall–Kier alpha value is -1.08. The summed E-state index contributed by atoms with van der Waals surface area (Å²) < 4.78 is 27.2. The highest BCUT2D eigenvalue weighted by molar-refractivity contribution is 7.89. The molecule has 1 heterocycles. The molecule has 1 aliphatic rings. The largest absolute Gasteiger partial charge is 0.383 e. The predicted molar refractivity (Wildman–Crippen MR) is 69.4 cm³/mol. The molecule has 0 radical (unpaired) electrons. The van der Waals surface area contributed by atoms with E-state index in [2.05, 4.69) is 21.8 Å². The third-order valence-electron chi connectivity index (χ3n) is 3.66. The van der Waals surface area contributed by atoms with Gasteiger partial charge in [0, 0.05) is 6.04 Å². The van der Waals surface area contributed by atoms with Crippen LogP contribution in [-0.2, 0) is 10.0 Å². The molecule has 1 aliphatic carbocycles. The van der Waals surface area contributed by atoms with Crippen LogP contribution in [0.25, 0.3) is 0 Å². The van der Waals surface area contributed by atoms with Crippen molar-refractivity contribution in [3.8, 4) is 0 Å². The number of nitrogens with two attached hydrogens (primary N) is 1. The summed E-state index contributed by atoms with van der Waals surface area (Å²) in [6.07, 6.45) is 6.49. The maximum atomic E-state index is 12.2. The Morgan fingerprint density at radius 2 is 2.22 bits per heavy atom. The highest BCUT2D eigenvalue weighted by atomic mass is 32.2. The smallest absolute Gasteiger partial charge is 0.246 e. The van der Waals surface area contributed by atoms with Crippen molar-refractivity contribution < 1.29 is 8.42 Å². The quantitative estimate of drug-likeness (QED) is 0.767. The first-order valence-corrected chi connectivity index (χ1v) is 7.84. The Morgan fingerprint density at radius 3 is 2.83 bits per heavy atom.